The van der Waals surface area contributed by atoms with Gasteiger partial charge < -0.3 is 15.3 Å². The number of amides is 1. The van der Waals surface area contributed by atoms with Crippen LogP contribution in [-0.2, 0) is 16.1 Å². The number of carbonyl (C=O) groups excluding carboxylic acids is 1. The highest BCUT2D eigenvalue weighted by molar-refractivity contribution is 6.37. The Bertz CT molecular complexity index is 1680. The molecule has 2 aromatic carbocycles. The Balaban J connectivity index is 1.37. The van der Waals surface area contributed by atoms with Gasteiger partial charge in [-0.05, 0) is 61.2 Å². The largest absolute Gasteiger partial charge is 0.484 e. The van der Waals surface area contributed by atoms with Gasteiger partial charge in [-0.25, -0.2) is 9.97 Å². The minimum Gasteiger partial charge on any atom is -0.484 e. The Morgan fingerprint density at radius 2 is 1.91 bits per heavy atom. The summed E-state index contributed by atoms with van der Waals surface area (Å²) in [5, 5.41) is 15.9. The fourth-order valence-corrected chi connectivity index (χ4v) is 4.45. The van der Waals surface area contributed by atoms with Crippen LogP contribution in [-0.4, -0.2) is 46.5 Å². The summed E-state index contributed by atoms with van der Waals surface area (Å²) in [5.41, 5.74) is 3.82. The Morgan fingerprint density at radius 1 is 1.09 bits per heavy atom. The Morgan fingerprint density at radius 3 is 2.65 bits per heavy atom. The second-order valence-electron chi connectivity index (χ2n) is 9.84. The number of hydrogen-bond donors (Lipinski definition) is 2. The number of ether oxygens (including phenoxy) is 2. The molecule has 216 valence electrons. The van der Waals surface area contributed by atoms with Gasteiger partial charge in [-0.1, -0.05) is 36.4 Å². The highest BCUT2D eigenvalue weighted by Gasteiger charge is 2.33. The predicted molar refractivity (Wildman–Crippen MR) is 162 cm³/mol. The lowest BCUT2D eigenvalue weighted by Gasteiger charge is -2.14. The van der Waals surface area contributed by atoms with Crippen molar-refractivity contribution in [2.45, 2.75) is 25.5 Å². The standard InChI is InChI=1S/C32H30N8O3/c1-42-31(22-13-14-22)26-12-6-9-24(36-26)18-35-19-29(40-34)28-16-27(23-8-5-7-21(15-23)17-33)37-32(38-28)39-30(41)20-43-25-10-3-2-4-11-25/h2-12,15-16,19,22,31H,13-14,18,20,34H2,1H3,(H,37,38,39,41). The number of nitrogens with one attached hydrogen (secondary N) is 1. The first-order chi connectivity index (χ1) is 21.1. The fourth-order valence-electron chi connectivity index (χ4n) is 4.45. The summed E-state index contributed by atoms with van der Waals surface area (Å²) in [6.07, 6.45) is 3.77. The molecule has 2 aromatic heterocycles. The molecule has 0 bridgehead atoms. The van der Waals surface area contributed by atoms with Crippen molar-refractivity contribution in [2.75, 3.05) is 19.0 Å². The summed E-state index contributed by atoms with van der Waals surface area (Å²) in [6.45, 7) is 0.0451. The lowest BCUT2D eigenvalue weighted by molar-refractivity contribution is -0.118. The fraction of sp³-hybridized carbons (Fsp3) is 0.219. The molecule has 1 atom stereocenters. The molecule has 11 heteroatoms. The van der Waals surface area contributed by atoms with Gasteiger partial charge in [0.25, 0.3) is 5.91 Å². The number of aromatic nitrogens is 3. The van der Waals surface area contributed by atoms with Crippen LogP contribution in [0.25, 0.3) is 11.3 Å². The zero-order chi connectivity index (χ0) is 30.0. The molecule has 1 fully saturated rings. The van der Waals surface area contributed by atoms with E-state index < -0.39 is 5.91 Å². The maximum Gasteiger partial charge on any atom is 0.264 e. The highest BCUT2D eigenvalue weighted by atomic mass is 16.5. The summed E-state index contributed by atoms with van der Waals surface area (Å²) < 4.78 is 11.2. The maximum atomic E-state index is 12.7. The number of nitrogens with zero attached hydrogens (tertiary/aromatic N) is 6. The molecular formula is C32H30N8O3. The SMILES string of the molecule is COC(c1cccc(CN=CC(=NN)c2cc(-c3cccc(C#N)c3)nc(NC(=O)COc3ccccc3)n2)n1)C1CC1. The van der Waals surface area contributed by atoms with Crippen molar-refractivity contribution < 1.29 is 14.3 Å². The molecule has 43 heavy (non-hydrogen) atoms. The number of carbonyl (C=O) groups is 1. The number of benzene rings is 2. The third kappa shape index (κ3) is 7.84. The lowest BCUT2D eigenvalue weighted by atomic mass is 10.1. The van der Waals surface area contributed by atoms with E-state index in [9.17, 15) is 10.1 Å². The number of rotatable bonds is 12. The zero-order valence-corrected chi connectivity index (χ0v) is 23.6. The van der Waals surface area contributed by atoms with Crippen LogP contribution < -0.4 is 15.9 Å². The minimum absolute atomic E-state index is 0.0178. The molecule has 11 nitrogen and oxygen atoms in total. The lowest BCUT2D eigenvalue weighted by Crippen LogP contribution is -2.22. The van der Waals surface area contributed by atoms with Crippen LogP contribution >= 0.6 is 0 Å². The van der Waals surface area contributed by atoms with E-state index in [1.54, 1.807) is 49.6 Å². The van der Waals surface area contributed by atoms with E-state index in [1.165, 1.54) is 6.21 Å². The maximum absolute atomic E-state index is 12.7. The molecule has 1 aliphatic rings. The van der Waals surface area contributed by atoms with E-state index in [-0.39, 0.29) is 30.9 Å². The number of methoxy groups -OCH3 is 1. The molecular weight excluding hydrogens is 544 g/mol. The van der Waals surface area contributed by atoms with Crippen molar-refractivity contribution in [1.82, 2.24) is 15.0 Å². The summed E-state index contributed by atoms with van der Waals surface area (Å²) in [6, 6.07) is 25.5. The van der Waals surface area contributed by atoms with E-state index >= 15 is 0 Å². The first kappa shape index (κ1) is 29.0. The minimum atomic E-state index is -0.454. The van der Waals surface area contributed by atoms with E-state index in [4.69, 9.17) is 20.3 Å². The average Bonchev–Trinajstić information content (AvgIpc) is 3.88. The van der Waals surface area contributed by atoms with Gasteiger partial charge in [0, 0.05) is 12.7 Å². The molecule has 0 aliphatic heterocycles. The normalized spacial score (nSPS) is 13.8. The van der Waals surface area contributed by atoms with Crippen LogP contribution in [0.15, 0.2) is 89.0 Å². The molecule has 1 saturated carbocycles. The number of nitriles is 1. The summed E-state index contributed by atoms with van der Waals surface area (Å²) in [5.74, 6) is 6.39. The molecule has 0 spiro atoms. The number of nitrogens with two attached hydrogens (primary N) is 1. The van der Waals surface area contributed by atoms with Gasteiger partial charge in [0.2, 0.25) is 5.95 Å². The van der Waals surface area contributed by atoms with Crippen molar-refractivity contribution in [2.24, 2.45) is 21.9 Å². The smallest absolute Gasteiger partial charge is 0.264 e. The summed E-state index contributed by atoms with van der Waals surface area (Å²) in [7, 11) is 1.71. The Hall–Kier alpha value is -5.47. The number of pyridine rings is 1. The van der Waals surface area contributed by atoms with Crippen molar-refractivity contribution in [3.05, 3.63) is 102 Å². The van der Waals surface area contributed by atoms with Gasteiger partial charge in [0.05, 0.1) is 47.2 Å². The number of para-hydroxylation sites is 1. The van der Waals surface area contributed by atoms with Gasteiger partial charge in [-0.3, -0.25) is 20.1 Å². The van der Waals surface area contributed by atoms with Crippen molar-refractivity contribution >= 4 is 23.8 Å². The Kier molecular flexibility index (Phi) is 9.41. The highest BCUT2D eigenvalue weighted by Crippen LogP contribution is 2.42. The quantitative estimate of drug-likeness (QED) is 0.142. The third-order valence-corrected chi connectivity index (χ3v) is 6.67. The number of hydrazone groups is 1. The van der Waals surface area contributed by atoms with E-state index in [2.05, 4.69) is 31.4 Å². The predicted octanol–water partition coefficient (Wildman–Crippen LogP) is 4.46. The first-order valence-corrected chi connectivity index (χ1v) is 13.7. The van der Waals surface area contributed by atoms with E-state index in [0.29, 0.717) is 34.2 Å². The van der Waals surface area contributed by atoms with Crippen molar-refractivity contribution in [3.63, 3.8) is 0 Å². The molecule has 5 rings (SSSR count). The van der Waals surface area contributed by atoms with Gasteiger partial charge in [0.15, 0.2) is 6.61 Å². The van der Waals surface area contributed by atoms with Crippen molar-refractivity contribution in [1.29, 1.82) is 5.26 Å². The molecule has 0 radical (unpaired) electrons. The summed E-state index contributed by atoms with van der Waals surface area (Å²) in [4.78, 5) is 30.9. The van der Waals surface area contributed by atoms with Crippen molar-refractivity contribution in [3.8, 4) is 23.1 Å². The van der Waals surface area contributed by atoms with Crippen LogP contribution in [0.5, 0.6) is 5.75 Å². The molecule has 1 aliphatic carbocycles. The monoisotopic (exact) mass is 574 g/mol. The topological polar surface area (TPSA) is 161 Å². The second kappa shape index (κ2) is 13.9. The van der Waals surface area contributed by atoms with Crippen LogP contribution in [0, 0.1) is 17.2 Å². The van der Waals surface area contributed by atoms with E-state index in [1.807, 2.05) is 36.4 Å². The van der Waals surface area contributed by atoms with Gasteiger partial charge in [-0.2, -0.15) is 10.4 Å². The number of hydrogen-bond acceptors (Lipinski definition) is 10. The van der Waals surface area contributed by atoms with Gasteiger partial charge in [-0.15, -0.1) is 0 Å². The van der Waals surface area contributed by atoms with Crippen LogP contribution in [0.4, 0.5) is 5.95 Å². The second-order valence-corrected chi connectivity index (χ2v) is 9.84. The average molecular weight is 575 g/mol. The number of anilines is 1. The van der Waals surface area contributed by atoms with Gasteiger partial charge in [0.1, 0.15) is 17.6 Å². The molecule has 0 saturated heterocycles. The number of aliphatic imine (C=N–C) groups is 1. The van der Waals surface area contributed by atoms with E-state index in [0.717, 1.165) is 24.2 Å². The van der Waals surface area contributed by atoms with Crippen LogP contribution in [0.3, 0.4) is 0 Å². The third-order valence-electron chi connectivity index (χ3n) is 6.67. The zero-order valence-electron chi connectivity index (χ0n) is 23.6. The molecule has 4 aromatic rings. The van der Waals surface area contributed by atoms with Crippen LogP contribution in [0.1, 0.15) is 41.6 Å². The van der Waals surface area contributed by atoms with Gasteiger partial charge >= 0.3 is 0 Å². The molecule has 1 amide bonds. The summed E-state index contributed by atoms with van der Waals surface area (Å²) >= 11 is 0. The van der Waals surface area contributed by atoms with Crippen LogP contribution in [0.2, 0.25) is 0 Å². The first-order valence-electron chi connectivity index (χ1n) is 13.7. The molecule has 3 N–H and O–H groups in total. The molecule has 1 unspecified atom stereocenters. The Labute approximate surface area is 249 Å². The molecule has 2 heterocycles.